The van der Waals surface area contributed by atoms with E-state index in [9.17, 15) is 19.2 Å². The van der Waals surface area contributed by atoms with Crippen molar-refractivity contribution in [3.63, 3.8) is 0 Å². The predicted octanol–water partition coefficient (Wildman–Crippen LogP) is 4.85. The standard InChI is InChI=1S/C27H29N5O5S2/c1-13(2)11-37-26(36)22-17(6)29-27(39-22)31-19(33)10-32-12-28-24-20(25(32)35)16(5)21(38-24)23(34)30-18-8-7-14(3)9-15(18)4/h7-9,12-13H,10-11H2,1-6H3,(H,30,34)(H,29,31,33). The van der Waals surface area contributed by atoms with Crippen molar-refractivity contribution < 1.29 is 19.1 Å². The zero-order chi connectivity index (χ0) is 28.4. The molecular formula is C27H29N5O5S2. The molecule has 4 rings (SSSR count). The van der Waals surface area contributed by atoms with Crippen molar-refractivity contribution in [2.75, 3.05) is 17.2 Å². The van der Waals surface area contributed by atoms with E-state index in [1.54, 1.807) is 13.8 Å². The van der Waals surface area contributed by atoms with Crippen molar-refractivity contribution in [2.45, 2.75) is 48.1 Å². The van der Waals surface area contributed by atoms with Gasteiger partial charge in [-0.2, -0.15) is 0 Å². The number of amides is 2. The van der Waals surface area contributed by atoms with E-state index in [4.69, 9.17) is 4.74 Å². The molecule has 204 valence electrons. The van der Waals surface area contributed by atoms with E-state index in [1.165, 1.54) is 10.9 Å². The van der Waals surface area contributed by atoms with Crippen LogP contribution in [0.3, 0.4) is 0 Å². The van der Waals surface area contributed by atoms with E-state index in [2.05, 4.69) is 20.6 Å². The highest BCUT2D eigenvalue weighted by Crippen LogP contribution is 2.28. The summed E-state index contributed by atoms with van der Waals surface area (Å²) < 4.78 is 6.43. The lowest BCUT2D eigenvalue weighted by atomic mass is 10.1. The number of nitrogens with zero attached hydrogens (tertiary/aromatic N) is 3. The van der Waals surface area contributed by atoms with Gasteiger partial charge < -0.3 is 15.4 Å². The quantitative estimate of drug-likeness (QED) is 0.291. The van der Waals surface area contributed by atoms with Crippen LogP contribution in [0, 0.1) is 33.6 Å². The van der Waals surface area contributed by atoms with Gasteiger partial charge in [-0.05, 0) is 50.8 Å². The summed E-state index contributed by atoms with van der Waals surface area (Å²) in [5.74, 6) is -1.13. The molecule has 4 aromatic rings. The van der Waals surface area contributed by atoms with E-state index in [-0.39, 0.29) is 30.1 Å². The van der Waals surface area contributed by atoms with Crippen molar-refractivity contribution in [2.24, 2.45) is 5.92 Å². The normalized spacial score (nSPS) is 11.2. The van der Waals surface area contributed by atoms with Crippen LogP contribution < -0.4 is 16.2 Å². The van der Waals surface area contributed by atoms with Crippen LogP contribution in [-0.4, -0.2) is 38.9 Å². The van der Waals surface area contributed by atoms with E-state index >= 15 is 0 Å². The topological polar surface area (TPSA) is 132 Å². The fraction of sp³-hybridized carbons (Fsp3) is 0.333. The third-order valence-electron chi connectivity index (χ3n) is 5.84. The fourth-order valence-electron chi connectivity index (χ4n) is 3.88. The second-order valence-corrected chi connectivity index (χ2v) is 11.7. The van der Waals surface area contributed by atoms with E-state index < -0.39 is 17.4 Å². The van der Waals surface area contributed by atoms with Gasteiger partial charge in [0.2, 0.25) is 5.91 Å². The monoisotopic (exact) mass is 567 g/mol. The summed E-state index contributed by atoms with van der Waals surface area (Å²) in [6.07, 6.45) is 1.29. The first-order chi connectivity index (χ1) is 18.4. The lowest BCUT2D eigenvalue weighted by molar-refractivity contribution is -0.116. The number of hydrogen-bond donors (Lipinski definition) is 2. The number of nitrogens with one attached hydrogen (secondary N) is 2. The fourth-order valence-corrected chi connectivity index (χ4v) is 5.79. The Hall–Kier alpha value is -3.90. The molecule has 3 heterocycles. The van der Waals surface area contributed by atoms with Crippen molar-refractivity contribution >= 4 is 61.5 Å². The van der Waals surface area contributed by atoms with Crippen LogP contribution in [0.15, 0.2) is 29.3 Å². The minimum Gasteiger partial charge on any atom is -0.461 e. The molecule has 0 aliphatic rings. The molecule has 0 radical (unpaired) electrons. The molecule has 0 atom stereocenters. The van der Waals surface area contributed by atoms with Crippen molar-refractivity contribution in [1.29, 1.82) is 0 Å². The SMILES string of the molecule is Cc1ccc(NC(=O)c2sc3ncn(CC(=O)Nc4nc(C)c(C(=O)OCC(C)C)s4)c(=O)c3c2C)c(C)c1. The third kappa shape index (κ3) is 6.23. The van der Waals surface area contributed by atoms with Gasteiger partial charge in [-0.15, -0.1) is 11.3 Å². The molecule has 0 fully saturated rings. The summed E-state index contributed by atoms with van der Waals surface area (Å²) in [6, 6.07) is 5.74. The van der Waals surface area contributed by atoms with Crippen molar-refractivity contribution in [3.8, 4) is 0 Å². The van der Waals surface area contributed by atoms with Gasteiger partial charge in [0.15, 0.2) is 5.13 Å². The first kappa shape index (κ1) is 28.1. The van der Waals surface area contributed by atoms with Crippen molar-refractivity contribution in [1.82, 2.24) is 14.5 Å². The first-order valence-corrected chi connectivity index (χ1v) is 13.9. The Morgan fingerprint density at radius 3 is 2.49 bits per heavy atom. The van der Waals surface area contributed by atoms with E-state index in [0.717, 1.165) is 33.8 Å². The number of benzene rings is 1. The number of aromatic nitrogens is 3. The largest absolute Gasteiger partial charge is 0.461 e. The van der Waals surface area contributed by atoms with Gasteiger partial charge in [0.25, 0.3) is 11.5 Å². The highest BCUT2D eigenvalue weighted by Gasteiger charge is 2.22. The Morgan fingerprint density at radius 1 is 1.05 bits per heavy atom. The molecule has 0 saturated heterocycles. The Morgan fingerprint density at radius 2 is 1.79 bits per heavy atom. The van der Waals surface area contributed by atoms with E-state index in [0.29, 0.717) is 36.9 Å². The van der Waals surface area contributed by atoms with E-state index in [1.807, 2.05) is 45.9 Å². The highest BCUT2D eigenvalue weighted by atomic mass is 32.1. The second-order valence-electron chi connectivity index (χ2n) is 9.66. The maximum atomic E-state index is 13.2. The summed E-state index contributed by atoms with van der Waals surface area (Å²) >= 11 is 2.14. The Kier molecular flexibility index (Phi) is 8.26. The second kappa shape index (κ2) is 11.5. The number of anilines is 2. The van der Waals surface area contributed by atoms with Gasteiger partial charge in [-0.25, -0.2) is 14.8 Å². The van der Waals surface area contributed by atoms with Gasteiger partial charge in [0, 0.05) is 5.69 Å². The molecule has 2 N–H and O–H groups in total. The molecule has 0 saturated carbocycles. The predicted molar refractivity (Wildman–Crippen MR) is 153 cm³/mol. The average Bonchev–Trinajstić information content (AvgIpc) is 3.40. The maximum Gasteiger partial charge on any atom is 0.350 e. The number of carbonyl (C=O) groups excluding carboxylic acids is 3. The summed E-state index contributed by atoms with van der Waals surface area (Å²) in [4.78, 5) is 61.0. The third-order valence-corrected chi connectivity index (χ3v) is 8.10. The molecule has 0 spiro atoms. The van der Waals surface area contributed by atoms with Gasteiger partial charge in [0.1, 0.15) is 16.3 Å². The molecule has 1 aromatic carbocycles. The van der Waals surface area contributed by atoms with Crippen LogP contribution in [0.5, 0.6) is 0 Å². The Labute approximate surface area is 233 Å². The molecule has 12 heteroatoms. The summed E-state index contributed by atoms with van der Waals surface area (Å²) in [5.41, 5.74) is 3.24. The highest BCUT2D eigenvalue weighted by molar-refractivity contribution is 7.20. The first-order valence-electron chi connectivity index (χ1n) is 12.3. The van der Waals surface area contributed by atoms with Crippen LogP contribution in [0.4, 0.5) is 10.8 Å². The number of thiophene rings is 1. The molecule has 0 unspecified atom stereocenters. The number of thiazole rings is 1. The van der Waals surface area contributed by atoms with Crippen LogP contribution in [0.2, 0.25) is 0 Å². The van der Waals surface area contributed by atoms with Crippen LogP contribution >= 0.6 is 22.7 Å². The van der Waals surface area contributed by atoms with Gasteiger partial charge in [-0.1, -0.05) is 42.9 Å². The molecule has 10 nitrogen and oxygen atoms in total. The minimum atomic E-state index is -0.505. The molecular weight excluding hydrogens is 538 g/mol. The minimum absolute atomic E-state index is 0.195. The zero-order valence-electron chi connectivity index (χ0n) is 22.5. The summed E-state index contributed by atoms with van der Waals surface area (Å²) in [7, 11) is 0. The molecule has 0 aliphatic heterocycles. The number of aryl methyl sites for hydroxylation is 4. The smallest absolute Gasteiger partial charge is 0.350 e. The van der Waals surface area contributed by atoms with Crippen LogP contribution in [0.1, 0.15) is 55.6 Å². The molecule has 0 aliphatic carbocycles. The number of hydrogen-bond acceptors (Lipinski definition) is 9. The van der Waals surface area contributed by atoms with Crippen LogP contribution in [0.25, 0.3) is 10.2 Å². The Bertz CT molecular complexity index is 1650. The number of ether oxygens (including phenoxy) is 1. The maximum absolute atomic E-state index is 13.2. The summed E-state index contributed by atoms with van der Waals surface area (Å²) in [5, 5.41) is 6.06. The summed E-state index contributed by atoms with van der Waals surface area (Å²) in [6.45, 7) is 11.1. The number of rotatable bonds is 8. The number of carbonyl (C=O) groups is 3. The van der Waals surface area contributed by atoms with Gasteiger partial charge in [0.05, 0.1) is 28.9 Å². The average molecular weight is 568 g/mol. The molecule has 0 bridgehead atoms. The van der Waals surface area contributed by atoms with Crippen molar-refractivity contribution in [3.05, 3.63) is 67.0 Å². The van der Waals surface area contributed by atoms with Crippen LogP contribution in [-0.2, 0) is 16.1 Å². The number of esters is 1. The van der Waals surface area contributed by atoms with Gasteiger partial charge in [-0.3, -0.25) is 19.0 Å². The lowest BCUT2D eigenvalue weighted by Gasteiger charge is -2.08. The molecule has 3 aromatic heterocycles. The number of fused-ring (bicyclic) bond motifs is 1. The molecule has 2 amide bonds. The Balaban J connectivity index is 1.50. The lowest BCUT2D eigenvalue weighted by Crippen LogP contribution is -2.27. The molecule has 39 heavy (non-hydrogen) atoms. The van der Waals surface area contributed by atoms with Gasteiger partial charge >= 0.3 is 5.97 Å². The zero-order valence-corrected chi connectivity index (χ0v) is 24.1.